The van der Waals surface area contributed by atoms with Crippen molar-refractivity contribution in [1.82, 2.24) is 20.0 Å². The molecule has 6 heteroatoms. The number of aliphatic hydroxyl groups is 1. The quantitative estimate of drug-likeness (QED) is 0.792. The largest absolute Gasteiger partial charge is 0.396 e. The molecule has 1 aliphatic rings. The van der Waals surface area contributed by atoms with Gasteiger partial charge in [-0.05, 0) is 37.4 Å². The van der Waals surface area contributed by atoms with Crippen LogP contribution in [-0.4, -0.2) is 52.6 Å². The van der Waals surface area contributed by atoms with Crippen molar-refractivity contribution in [3.8, 4) is 0 Å². The van der Waals surface area contributed by atoms with E-state index in [4.69, 9.17) is 11.6 Å². The molecule has 0 amide bonds. The fourth-order valence-electron chi connectivity index (χ4n) is 3.42. The second-order valence-electron chi connectivity index (χ2n) is 6.37. The zero-order valence-corrected chi connectivity index (χ0v) is 14.4. The Labute approximate surface area is 142 Å². The minimum absolute atomic E-state index is 0.308. The van der Waals surface area contributed by atoms with E-state index in [1.165, 1.54) is 6.42 Å². The Morgan fingerprint density at radius 2 is 2.30 bits per heavy atom. The number of nitrogens with one attached hydrogen (secondary N) is 1. The molecule has 23 heavy (non-hydrogen) atoms. The van der Waals surface area contributed by atoms with Gasteiger partial charge in [0.1, 0.15) is 0 Å². The molecule has 2 N–H and O–H groups in total. The molecule has 0 spiro atoms. The first-order chi connectivity index (χ1) is 11.2. The van der Waals surface area contributed by atoms with Crippen molar-refractivity contribution in [1.29, 1.82) is 0 Å². The third kappa shape index (κ3) is 3.86. The smallest absolute Gasteiger partial charge is 0.0856 e. The summed E-state index contributed by atoms with van der Waals surface area (Å²) in [5, 5.41) is 19.2. The molecule has 0 bridgehead atoms. The Bertz CT molecular complexity index is 657. The lowest BCUT2D eigenvalue weighted by molar-refractivity contribution is 0.121. The first-order valence-corrected chi connectivity index (χ1v) is 8.71. The Morgan fingerprint density at radius 1 is 1.43 bits per heavy atom. The number of hydrogen-bond donors (Lipinski definition) is 2. The van der Waals surface area contributed by atoms with Crippen LogP contribution in [0.1, 0.15) is 18.5 Å². The van der Waals surface area contributed by atoms with Crippen LogP contribution in [0, 0.1) is 5.92 Å². The summed E-state index contributed by atoms with van der Waals surface area (Å²) in [6.45, 7) is 5.10. The number of likely N-dealkylation sites (tertiary alicyclic amines) is 1. The van der Waals surface area contributed by atoms with Crippen molar-refractivity contribution < 1.29 is 5.11 Å². The van der Waals surface area contributed by atoms with Crippen LogP contribution < -0.4 is 5.32 Å². The highest BCUT2D eigenvalue weighted by atomic mass is 35.5. The number of nitrogens with zero attached hydrogens (tertiary/aromatic N) is 3. The average molecular weight is 337 g/mol. The molecule has 0 aliphatic carbocycles. The summed E-state index contributed by atoms with van der Waals surface area (Å²) in [5.74, 6) is 0.447. The molecule has 1 saturated heterocycles. The van der Waals surface area contributed by atoms with E-state index in [0.717, 1.165) is 60.8 Å². The van der Waals surface area contributed by atoms with Gasteiger partial charge in [-0.2, -0.15) is 5.10 Å². The maximum atomic E-state index is 9.29. The van der Waals surface area contributed by atoms with E-state index >= 15 is 0 Å². The van der Waals surface area contributed by atoms with Crippen molar-refractivity contribution >= 4 is 22.5 Å². The van der Waals surface area contributed by atoms with Crippen LogP contribution in [-0.2, 0) is 13.6 Å². The summed E-state index contributed by atoms with van der Waals surface area (Å²) in [6, 6.07) is 5.91. The lowest BCUT2D eigenvalue weighted by Crippen LogP contribution is -2.40. The van der Waals surface area contributed by atoms with E-state index in [2.05, 4.69) is 15.3 Å². The zero-order valence-electron chi connectivity index (χ0n) is 13.6. The molecule has 1 aromatic carbocycles. The van der Waals surface area contributed by atoms with Gasteiger partial charge in [0.25, 0.3) is 0 Å². The molecule has 2 aromatic rings. The van der Waals surface area contributed by atoms with Crippen molar-refractivity contribution in [3.63, 3.8) is 0 Å². The highest BCUT2D eigenvalue weighted by molar-refractivity contribution is 6.35. The lowest BCUT2D eigenvalue weighted by atomic mass is 9.99. The normalized spacial score (nSPS) is 19.5. The fourth-order valence-corrected chi connectivity index (χ4v) is 3.70. The van der Waals surface area contributed by atoms with Gasteiger partial charge in [0.2, 0.25) is 0 Å². The Kier molecular flexibility index (Phi) is 5.54. The van der Waals surface area contributed by atoms with Crippen LogP contribution in [0.2, 0.25) is 5.02 Å². The molecular formula is C17H25ClN4O. The van der Waals surface area contributed by atoms with E-state index in [-0.39, 0.29) is 0 Å². The maximum Gasteiger partial charge on any atom is 0.0856 e. The maximum absolute atomic E-state index is 9.29. The molecule has 1 aliphatic heterocycles. The Morgan fingerprint density at radius 3 is 3.13 bits per heavy atom. The fraction of sp³-hybridized carbons (Fsp3) is 0.588. The number of benzene rings is 1. The van der Waals surface area contributed by atoms with E-state index < -0.39 is 0 Å². The summed E-state index contributed by atoms with van der Waals surface area (Å²) in [4.78, 5) is 2.43. The van der Waals surface area contributed by atoms with Gasteiger partial charge in [-0.3, -0.25) is 4.68 Å². The van der Waals surface area contributed by atoms with Crippen molar-refractivity contribution in [3.05, 3.63) is 28.9 Å². The highest BCUT2D eigenvalue weighted by Gasteiger charge is 2.18. The standard InChI is InChI=1S/C17H25ClN4O/c1-21-16-6-2-5-14(18)17(16)15(20-21)10-19-7-9-22-8-3-4-13(11-22)12-23/h2,5-6,13,19,23H,3-4,7-12H2,1H3. The van der Waals surface area contributed by atoms with E-state index in [1.54, 1.807) is 0 Å². The van der Waals surface area contributed by atoms with Gasteiger partial charge >= 0.3 is 0 Å². The lowest BCUT2D eigenvalue weighted by Gasteiger charge is -2.31. The molecule has 0 radical (unpaired) electrons. The molecule has 1 atom stereocenters. The zero-order chi connectivity index (χ0) is 16.2. The van der Waals surface area contributed by atoms with Gasteiger partial charge in [-0.25, -0.2) is 0 Å². The number of halogens is 1. The van der Waals surface area contributed by atoms with Gasteiger partial charge in [0.15, 0.2) is 0 Å². The van der Waals surface area contributed by atoms with Crippen molar-refractivity contribution in [2.45, 2.75) is 19.4 Å². The van der Waals surface area contributed by atoms with Crippen LogP contribution in [0.5, 0.6) is 0 Å². The summed E-state index contributed by atoms with van der Waals surface area (Å²) < 4.78 is 1.88. The predicted octanol–water partition coefficient (Wildman–Crippen LogP) is 2.02. The van der Waals surface area contributed by atoms with Crippen molar-refractivity contribution in [2.75, 3.05) is 32.8 Å². The number of hydrogen-bond acceptors (Lipinski definition) is 4. The van der Waals surface area contributed by atoms with E-state index in [1.807, 2.05) is 29.9 Å². The van der Waals surface area contributed by atoms with Crippen LogP contribution in [0.25, 0.3) is 10.9 Å². The minimum Gasteiger partial charge on any atom is -0.396 e. The second kappa shape index (κ2) is 7.62. The number of piperidine rings is 1. The molecule has 2 heterocycles. The predicted molar refractivity (Wildman–Crippen MR) is 93.7 cm³/mol. The monoisotopic (exact) mass is 336 g/mol. The summed E-state index contributed by atoms with van der Waals surface area (Å²) >= 11 is 6.33. The van der Waals surface area contributed by atoms with Gasteiger partial charge in [-0.1, -0.05) is 17.7 Å². The minimum atomic E-state index is 0.308. The Balaban J connectivity index is 1.53. The molecule has 1 unspecified atom stereocenters. The van der Waals surface area contributed by atoms with Gasteiger partial charge in [0.05, 0.1) is 16.2 Å². The highest BCUT2D eigenvalue weighted by Crippen LogP contribution is 2.26. The van der Waals surface area contributed by atoms with Gasteiger partial charge in [0, 0.05) is 45.2 Å². The van der Waals surface area contributed by atoms with Crippen molar-refractivity contribution in [2.24, 2.45) is 13.0 Å². The van der Waals surface area contributed by atoms with Gasteiger partial charge < -0.3 is 15.3 Å². The second-order valence-corrected chi connectivity index (χ2v) is 6.78. The van der Waals surface area contributed by atoms with Crippen LogP contribution in [0.15, 0.2) is 18.2 Å². The number of fused-ring (bicyclic) bond motifs is 1. The molecule has 1 aromatic heterocycles. The van der Waals surface area contributed by atoms with E-state index in [0.29, 0.717) is 12.5 Å². The number of aryl methyl sites for hydroxylation is 1. The topological polar surface area (TPSA) is 53.3 Å². The third-order valence-electron chi connectivity index (χ3n) is 4.66. The number of aliphatic hydroxyl groups excluding tert-OH is 1. The SMILES string of the molecule is Cn1nc(CNCCN2CCCC(CO)C2)c2c(Cl)cccc21. The number of rotatable bonds is 6. The summed E-state index contributed by atoms with van der Waals surface area (Å²) in [6.07, 6.45) is 2.34. The third-order valence-corrected chi connectivity index (χ3v) is 4.97. The average Bonchev–Trinajstić information content (AvgIpc) is 2.89. The molecule has 5 nitrogen and oxygen atoms in total. The molecule has 0 saturated carbocycles. The molecular weight excluding hydrogens is 312 g/mol. The van der Waals surface area contributed by atoms with Crippen LogP contribution in [0.3, 0.4) is 0 Å². The summed E-state index contributed by atoms with van der Waals surface area (Å²) in [7, 11) is 1.95. The number of aromatic nitrogens is 2. The Hall–Kier alpha value is -1.14. The molecule has 3 rings (SSSR count). The van der Waals surface area contributed by atoms with Crippen LogP contribution in [0.4, 0.5) is 0 Å². The summed E-state index contributed by atoms with van der Waals surface area (Å²) in [5.41, 5.74) is 2.07. The first kappa shape index (κ1) is 16.7. The van der Waals surface area contributed by atoms with Crippen LogP contribution >= 0.6 is 11.6 Å². The molecule has 1 fully saturated rings. The van der Waals surface area contributed by atoms with E-state index in [9.17, 15) is 5.11 Å². The van der Waals surface area contributed by atoms with Gasteiger partial charge in [-0.15, -0.1) is 0 Å². The first-order valence-electron chi connectivity index (χ1n) is 8.33. The molecule has 126 valence electrons.